The molecule has 1 aromatic heterocycles. The molecule has 0 bridgehead atoms. The highest BCUT2D eigenvalue weighted by molar-refractivity contribution is 7.25. The molecule has 0 aliphatic rings. The Morgan fingerprint density at radius 1 is 0.340 bits per heavy atom. The number of fused-ring (bicyclic) bond motifs is 8. The maximum atomic E-state index is 9.84. The van der Waals surface area contributed by atoms with Crippen molar-refractivity contribution in [2.75, 3.05) is 0 Å². The molecular formula is C46H28S. The summed E-state index contributed by atoms with van der Waals surface area (Å²) in [6, 6.07) is -21.0. The van der Waals surface area contributed by atoms with E-state index < -0.39 is 234 Å². The molecule has 0 nitrogen and oxygen atoms in total. The second-order valence-electron chi connectivity index (χ2n) is 10.3. The standard InChI is InChI=1S/C46H28S/c1-2-11-29(12-3-1)31-22-25-36-37-26-23-32(28-44(37)47-43(36)27-31)45-39-15-6-8-17-41(39)46(42-18-9-7-16-40(42)45)38-20-10-19-34-33-14-5-4-13-30(33)21-24-35(34)38/h1-28H/i1D,2D,3D,4D,5D,6D,7D,8D,9D,10D,11D,12D,13D,14D,15D,16D,17D,18D,19D,20D,21D,23D,24D,25D,26D,27D,28D. The fourth-order valence-electron chi connectivity index (χ4n) is 5.83. The van der Waals surface area contributed by atoms with Crippen LogP contribution in [-0.4, -0.2) is 0 Å². The minimum absolute atomic E-state index is 0.127. The summed E-state index contributed by atoms with van der Waals surface area (Å²) in [6.45, 7) is 0. The van der Waals surface area contributed by atoms with E-state index in [9.17, 15) is 13.7 Å². The van der Waals surface area contributed by atoms with Crippen molar-refractivity contribution >= 4 is 74.6 Å². The molecular weight excluding hydrogens is 585 g/mol. The molecule has 0 aliphatic carbocycles. The summed E-state index contributed by atoms with van der Waals surface area (Å²) in [6.07, 6.45) is 0. The van der Waals surface area contributed by atoms with Crippen LogP contribution >= 0.6 is 11.3 Å². The van der Waals surface area contributed by atoms with Crippen molar-refractivity contribution in [2.24, 2.45) is 0 Å². The lowest BCUT2D eigenvalue weighted by Gasteiger charge is -2.19. The van der Waals surface area contributed by atoms with Crippen molar-refractivity contribution in [3.05, 3.63) is 169 Å². The average molecular weight is 640 g/mol. The second kappa shape index (κ2) is 10.4. The highest BCUT2D eigenvalue weighted by atomic mass is 32.1. The maximum absolute atomic E-state index is 9.84. The van der Waals surface area contributed by atoms with Crippen LogP contribution < -0.4 is 0 Å². The molecule has 10 rings (SSSR count). The first-order chi connectivity index (χ1) is 34.6. The van der Waals surface area contributed by atoms with E-state index >= 15 is 0 Å². The van der Waals surface area contributed by atoms with E-state index in [1.54, 1.807) is 0 Å². The summed E-state index contributed by atoms with van der Waals surface area (Å²) in [5.41, 5.74) is -3.33. The van der Waals surface area contributed by atoms with E-state index in [4.69, 9.17) is 23.3 Å². The summed E-state index contributed by atoms with van der Waals surface area (Å²) in [5, 5.41) is -5.30. The zero-order chi connectivity index (χ0) is 54.4. The Labute approximate surface area is 314 Å². The van der Waals surface area contributed by atoms with Gasteiger partial charge in [0.25, 0.3) is 0 Å². The first-order valence-corrected chi connectivity index (χ1v) is 14.8. The summed E-state index contributed by atoms with van der Waals surface area (Å²) in [4.78, 5) is 0. The van der Waals surface area contributed by atoms with E-state index in [2.05, 4.69) is 0 Å². The third-order valence-electron chi connectivity index (χ3n) is 7.84. The summed E-state index contributed by atoms with van der Waals surface area (Å²) >= 11 is 0.634. The molecule has 218 valence electrons. The lowest BCUT2D eigenvalue weighted by molar-refractivity contribution is 1.66. The predicted molar refractivity (Wildman–Crippen MR) is 206 cm³/mol. The fraction of sp³-hybridized carbons (Fsp3) is 0. The van der Waals surface area contributed by atoms with Gasteiger partial charge < -0.3 is 0 Å². The third-order valence-corrected chi connectivity index (χ3v) is 8.86. The van der Waals surface area contributed by atoms with Gasteiger partial charge in [0.15, 0.2) is 0 Å². The molecule has 1 heterocycles. The van der Waals surface area contributed by atoms with Gasteiger partial charge in [0.1, 0.15) is 0 Å². The molecule has 47 heavy (non-hydrogen) atoms. The van der Waals surface area contributed by atoms with Crippen LogP contribution in [0.2, 0.25) is 0 Å². The van der Waals surface area contributed by atoms with Gasteiger partial charge >= 0.3 is 0 Å². The van der Waals surface area contributed by atoms with E-state index in [0.29, 0.717) is 11.3 Å². The lowest BCUT2D eigenvalue weighted by atomic mass is 9.84. The van der Waals surface area contributed by atoms with Crippen LogP contribution in [0.4, 0.5) is 0 Å². The predicted octanol–water partition coefficient (Wildman–Crippen LogP) is 13.7. The smallest absolute Gasteiger partial charge is 0.0644 e. The zero-order valence-corrected chi connectivity index (χ0v) is 24.3. The van der Waals surface area contributed by atoms with Gasteiger partial charge in [0.05, 0.1) is 37.0 Å². The van der Waals surface area contributed by atoms with Gasteiger partial charge in [0.2, 0.25) is 0 Å². The highest BCUT2D eigenvalue weighted by Crippen LogP contribution is 2.47. The molecule has 1 heteroatoms. The fourth-order valence-corrected chi connectivity index (χ4v) is 6.87. The number of thiophene rings is 1. The Bertz CT molecular complexity index is 4280. The summed E-state index contributed by atoms with van der Waals surface area (Å²) in [5.74, 6) is 0. The average Bonchev–Trinajstić information content (AvgIpc) is 3.79. The van der Waals surface area contributed by atoms with Gasteiger partial charge in [-0.1, -0.05) is 157 Å². The Balaban J connectivity index is 1.47. The Morgan fingerprint density at radius 2 is 0.915 bits per heavy atom. The van der Waals surface area contributed by atoms with Gasteiger partial charge in [0, 0.05) is 20.2 Å². The van der Waals surface area contributed by atoms with Crippen molar-refractivity contribution in [3.8, 4) is 33.4 Å². The van der Waals surface area contributed by atoms with Crippen LogP contribution in [-0.2, 0) is 0 Å². The summed E-state index contributed by atoms with van der Waals surface area (Å²) in [7, 11) is 0. The molecule has 0 unspecified atom stereocenters. The molecule has 9 aromatic carbocycles. The van der Waals surface area contributed by atoms with Crippen molar-refractivity contribution in [1.29, 1.82) is 0 Å². The largest absolute Gasteiger partial charge is 0.135 e. The first-order valence-electron chi connectivity index (χ1n) is 27.5. The molecule has 0 aliphatic heterocycles. The molecule has 0 spiro atoms. The Kier molecular flexibility index (Phi) is 2.47. The summed E-state index contributed by atoms with van der Waals surface area (Å²) < 4.78 is 243. The van der Waals surface area contributed by atoms with E-state index in [1.165, 1.54) is 0 Å². The van der Waals surface area contributed by atoms with Crippen molar-refractivity contribution in [3.63, 3.8) is 0 Å². The van der Waals surface area contributed by atoms with E-state index in [1.807, 2.05) is 0 Å². The molecule has 0 saturated heterocycles. The molecule has 0 amide bonds. The minimum atomic E-state index is -0.964. The van der Waals surface area contributed by atoms with Crippen molar-refractivity contribution in [1.82, 2.24) is 0 Å². The van der Waals surface area contributed by atoms with Crippen LogP contribution in [0.25, 0.3) is 96.6 Å². The number of benzene rings is 9. The van der Waals surface area contributed by atoms with Gasteiger partial charge in [-0.25, -0.2) is 0 Å². The van der Waals surface area contributed by atoms with E-state index in [-0.39, 0.29) is 25.7 Å². The first kappa shape index (κ1) is 11.2. The van der Waals surface area contributed by atoms with Crippen LogP contribution in [0.5, 0.6) is 0 Å². The van der Waals surface area contributed by atoms with Gasteiger partial charge in [-0.3, -0.25) is 0 Å². The number of hydrogen-bond acceptors (Lipinski definition) is 1. The van der Waals surface area contributed by atoms with Crippen molar-refractivity contribution < 1.29 is 37.0 Å². The van der Waals surface area contributed by atoms with Crippen LogP contribution in [0.3, 0.4) is 0 Å². The molecule has 0 atom stereocenters. The third kappa shape index (κ3) is 4.07. The van der Waals surface area contributed by atoms with Gasteiger partial charge in [-0.05, 0) is 88.6 Å². The number of hydrogen-bond donors (Lipinski definition) is 0. The van der Waals surface area contributed by atoms with Gasteiger partial charge in [-0.2, -0.15) is 0 Å². The lowest BCUT2D eigenvalue weighted by Crippen LogP contribution is -1.91. The van der Waals surface area contributed by atoms with Crippen LogP contribution in [0, 0.1) is 0 Å². The topological polar surface area (TPSA) is 0 Å². The van der Waals surface area contributed by atoms with Crippen molar-refractivity contribution in [2.45, 2.75) is 0 Å². The SMILES string of the molecule is [2H]c1c([2H])c([2H])c(-c2cc([2H])c3c(sc4c([2H])c(-c5c6c([2H])c([2H])c([2H])c([2H])c6c(-c6c([2H])c([2H])c([2H])c7c6c([2H])c([2H])c6c([2H])c([2H])c([2H])c([2H])c67)c6c([2H])c([2H])c([2H])c([2H])c56)c([2H])c([2H])c43)c2[2H])c([2H])c1[2H]. The highest BCUT2D eigenvalue weighted by Gasteiger charge is 2.19. The molecule has 0 N–H and O–H groups in total. The zero-order valence-electron chi connectivity index (χ0n) is 50.5. The van der Waals surface area contributed by atoms with Gasteiger partial charge in [-0.15, -0.1) is 11.3 Å². The van der Waals surface area contributed by atoms with E-state index in [0.717, 1.165) is 6.07 Å². The monoisotopic (exact) mass is 639 g/mol. The molecule has 10 aromatic rings. The molecule has 0 fully saturated rings. The second-order valence-corrected chi connectivity index (χ2v) is 11.4. The minimum Gasteiger partial charge on any atom is -0.135 e. The normalized spacial score (nSPS) is 19.9. The van der Waals surface area contributed by atoms with Crippen LogP contribution in [0.15, 0.2) is 169 Å². The number of rotatable bonds is 3. The maximum Gasteiger partial charge on any atom is 0.0644 e. The van der Waals surface area contributed by atoms with Crippen LogP contribution in [0.1, 0.15) is 37.0 Å². The Hall–Kier alpha value is -5.76. The molecule has 0 saturated carbocycles. The Morgan fingerprint density at radius 3 is 1.66 bits per heavy atom. The molecule has 0 radical (unpaired) electrons. The quantitative estimate of drug-likeness (QED) is 0.133.